The van der Waals surface area contributed by atoms with Gasteiger partial charge in [0.15, 0.2) is 0 Å². The summed E-state index contributed by atoms with van der Waals surface area (Å²) in [6, 6.07) is 2.04. The fraction of sp³-hybridized carbons (Fsp3) is 0.364. The van der Waals surface area contributed by atoms with Crippen molar-refractivity contribution in [1.29, 1.82) is 0 Å². The lowest BCUT2D eigenvalue weighted by atomic mass is 10.1. The molecule has 0 amide bonds. The first kappa shape index (κ1) is 9.06. The van der Waals surface area contributed by atoms with Crippen LogP contribution < -0.4 is 0 Å². The lowest BCUT2D eigenvalue weighted by Crippen LogP contribution is -1.97. The second kappa shape index (κ2) is 3.33. The van der Waals surface area contributed by atoms with Crippen molar-refractivity contribution in [3.05, 3.63) is 29.8 Å². The van der Waals surface area contributed by atoms with Gasteiger partial charge in [-0.3, -0.25) is 4.98 Å². The normalized spacial score (nSPS) is 11.1. The number of rotatable bonds is 1. The van der Waals surface area contributed by atoms with Crippen LogP contribution in [0.2, 0.25) is 0 Å². The fourth-order valence-electron chi connectivity index (χ4n) is 1.49. The zero-order chi connectivity index (χ0) is 10.1. The molecule has 2 aromatic rings. The molecule has 0 aliphatic rings. The molecule has 0 aromatic carbocycles. The molecule has 0 radical (unpaired) electrons. The second-order valence-electron chi connectivity index (χ2n) is 3.79. The van der Waals surface area contributed by atoms with Crippen molar-refractivity contribution < 1.29 is 0 Å². The van der Waals surface area contributed by atoms with Crippen LogP contribution in [0.25, 0.3) is 11.0 Å². The predicted molar refractivity (Wildman–Crippen MR) is 56.2 cm³/mol. The predicted octanol–water partition coefficient (Wildman–Crippen LogP) is 2.46. The Bertz CT molecular complexity index is 463. The van der Waals surface area contributed by atoms with Crippen molar-refractivity contribution in [3.63, 3.8) is 0 Å². The summed E-state index contributed by atoms with van der Waals surface area (Å²) in [6.45, 7) is 6.25. The highest BCUT2D eigenvalue weighted by molar-refractivity contribution is 5.76. The largest absolute Gasteiger partial charge is 0.252 e. The summed E-state index contributed by atoms with van der Waals surface area (Å²) in [5.41, 5.74) is 4.01. The van der Waals surface area contributed by atoms with Gasteiger partial charge in [0, 0.05) is 6.20 Å². The summed E-state index contributed by atoms with van der Waals surface area (Å²) < 4.78 is 0. The summed E-state index contributed by atoms with van der Waals surface area (Å²) >= 11 is 0. The van der Waals surface area contributed by atoms with Crippen LogP contribution in [0.1, 0.15) is 31.0 Å². The Balaban J connectivity index is 2.75. The number of fused-ring (bicyclic) bond motifs is 1. The van der Waals surface area contributed by atoms with Crippen LogP contribution in [0.15, 0.2) is 18.6 Å². The summed E-state index contributed by atoms with van der Waals surface area (Å²) in [6.07, 6.45) is 3.47. The van der Waals surface area contributed by atoms with Crippen molar-refractivity contribution in [1.82, 2.24) is 15.0 Å². The number of hydrogen-bond donors (Lipinski definition) is 0. The van der Waals surface area contributed by atoms with E-state index in [2.05, 4.69) is 28.8 Å². The van der Waals surface area contributed by atoms with Crippen LogP contribution in [0.3, 0.4) is 0 Å². The molecule has 14 heavy (non-hydrogen) atoms. The van der Waals surface area contributed by atoms with Gasteiger partial charge in [-0.25, -0.2) is 9.97 Å². The van der Waals surface area contributed by atoms with Crippen molar-refractivity contribution in [2.45, 2.75) is 26.7 Å². The molecule has 0 unspecified atom stereocenters. The number of aryl methyl sites for hydroxylation is 1. The molecule has 72 valence electrons. The molecule has 0 aliphatic carbocycles. The third-order valence-electron chi connectivity index (χ3n) is 2.19. The monoisotopic (exact) mass is 187 g/mol. The van der Waals surface area contributed by atoms with Crippen molar-refractivity contribution in [3.8, 4) is 0 Å². The number of aromatic nitrogens is 3. The highest BCUT2D eigenvalue weighted by Gasteiger charge is 2.08. The van der Waals surface area contributed by atoms with Crippen LogP contribution >= 0.6 is 0 Å². The van der Waals surface area contributed by atoms with Gasteiger partial charge in [0.1, 0.15) is 11.8 Å². The maximum absolute atomic E-state index is 4.38. The molecule has 0 saturated carbocycles. The van der Waals surface area contributed by atoms with Crippen molar-refractivity contribution in [2.24, 2.45) is 0 Å². The van der Waals surface area contributed by atoms with Crippen LogP contribution in [-0.4, -0.2) is 15.0 Å². The third-order valence-corrected chi connectivity index (χ3v) is 2.19. The van der Waals surface area contributed by atoms with E-state index in [1.807, 2.05) is 19.2 Å². The van der Waals surface area contributed by atoms with Crippen LogP contribution in [0, 0.1) is 6.92 Å². The molecule has 3 heteroatoms. The second-order valence-corrected chi connectivity index (χ2v) is 3.79. The molecule has 2 rings (SSSR count). The average molecular weight is 187 g/mol. The molecule has 0 bridgehead atoms. The van der Waals surface area contributed by atoms with E-state index in [1.165, 1.54) is 0 Å². The molecule has 2 heterocycles. The molecule has 0 saturated heterocycles. The van der Waals surface area contributed by atoms with E-state index in [4.69, 9.17) is 0 Å². The Labute approximate surface area is 83.2 Å². The van der Waals surface area contributed by atoms with Crippen LogP contribution in [0.4, 0.5) is 0 Å². The van der Waals surface area contributed by atoms with Gasteiger partial charge in [-0.2, -0.15) is 0 Å². The number of pyridine rings is 1. The van der Waals surface area contributed by atoms with Gasteiger partial charge >= 0.3 is 0 Å². The highest BCUT2D eigenvalue weighted by Crippen LogP contribution is 2.19. The maximum atomic E-state index is 4.38. The van der Waals surface area contributed by atoms with E-state index >= 15 is 0 Å². The Hall–Kier alpha value is -1.51. The first-order valence-electron chi connectivity index (χ1n) is 4.75. The minimum absolute atomic E-state index is 0.385. The van der Waals surface area contributed by atoms with Gasteiger partial charge in [0.25, 0.3) is 0 Å². The summed E-state index contributed by atoms with van der Waals surface area (Å²) in [7, 11) is 0. The molecular formula is C11H13N3. The van der Waals surface area contributed by atoms with Gasteiger partial charge in [0.05, 0.1) is 11.2 Å². The Kier molecular flexibility index (Phi) is 2.15. The number of nitrogens with zero attached hydrogens (tertiary/aromatic N) is 3. The molecule has 0 fully saturated rings. The molecule has 0 aliphatic heterocycles. The molecule has 0 spiro atoms. The molecule has 0 atom stereocenters. The third kappa shape index (κ3) is 1.45. The maximum Gasteiger partial charge on any atom is 0.116 e. The van der Waals surface area contributed by atoms with Crippen molar-refractivity contribution in [2.75, 3.05) is 0 Å². The van der Waals surface area contributed by atoms with Gasteiger partial charge in [-0.05, 0) is 24.5 Å². The van der Waals surface area contributed by atoms with Gasteiger partial charge in [0.2, 0.25) is 0 Å². The SMILES string of the molecule is Cc1cnc2c(C(C)C)ncnc2c1. The first-order valence-corrected chi connectivity index (χ1v) is 4.75. The van der Waals surface area contributed by atoms with Gasteiger partial charge < -0.3 is 0 Å². The van der Waals surface area contributed by atoms with E-state index in [9.17, 15) is 0 Å². The molecule has 3 nitrogen and oxygen atoms in total. The molecule has 2 aromatic heterocycles. The Morgan fingerprint density at radius 2 is 1.93 bits per heavy atom. The summed E-state index contributed by atoms with van der Waals surface area (Å²) in [5, 5.41) is 0. The van der Waals surface area contributed by atoms with Crippen LogP contribution in [-0.2, 0) is 0 Å². The van der Waals surface area contributed by atoms with Gasteiger partial charge in [-0.15, -0.1) is 0 Å². The van der Waals surface area contributed by atoms with Crippen LogP contribution in [0.5, 0.6) is 0 Å². The Morgan fingerprint density at radius 1 is 1.14 bits per heavy atom. The fourth-order valence-corrected chi connectivity index (χ4v) is 1.49. The minimum atomic E-state index is 0.385. The minimum Gasteiger partial charge on any atom is -0.252 e. The van der Waals surface area contributed by atoms with Gasteiger partial charge in [-0.1, -0.05) is 13.8 Å². The number of hydrogen-bond acceptors (Lipinski definition) is 3. The van der Waals surface area contributed by atoms with E-state index in [0.717, 1.165) is 22.3 Å². The highest BCUT2D eigenvalue weighted by atomic mass is 14.9. The zero-order valence-electron chi connectivity index (χ0n) is 8.65. The lowest BCUT2D eigenvalue weighted by Gasteiger charge is -2.06. The van der Waals surface area contributed by atoms with E-state index < -0.39 is 0 Å². The van der Waals surface area contributed by atoms with Crippen molar-refractivity contribution >= 4 is 11.0 Å². The topological polar surface area (TPSA) is 38.7 Å². The molecule has 0 N–H and O–H groups in total. The molecular weight excluding hydrogens is 174 g/mol. The van der Waals surface area contributed by atoms with E-state index in [-0.39, 0.29) is 0 Å². The Morgan fingerprint density at radius 3 is 2.64 bits per heavy atom. The lowest BCUT2D eigenvalue weighted by molar-refractivity contribution is 0.824. The summed E-state index contributed by atoms with van der Waals surface area (Å²) in [4.78, 5) is 12.9. The average Bonchev–Trinajstić information content (AvgIpc) is 2.16. The summed E-state index contributed by atoms with van der Waals surface area (Å²) in [5.74, 6) is 0.385. The van der Waals surface area contributed by atoms with E-state index in [0.29, 0.717) is 5.92 Å². The van der Waals surface area contributed by atoms with E-state index in [1.54, 1.807) is 6.33 Å². The quantitative estimate of drug-likeness (QED) is 0.688. The smallest absolute Gasteiger partial charge is 0.116 e. The standard InChI is InChI=1S/C11H13N3/c1-7(2)10-11-9(13-6-14-10)4-8(3)5-12-11/h4-7H,1-3H3. The first-order chi connectivity index (χ1) is 6.68. The zero-order valence-corrected chi connectivity index (χ0v) is 8.65.